The van der Waals surface area contributed by atoms with Crippen molar-refractivity contribution < 1.29 is 0 Å². The Morgan fingerprint density at radius 2 is 1.50 bits per heavy atom. The lowest BCUT2D eigenvalue weighted by Crippen LogP contribution is -2.47. The van der Waals surface area contributed by atoms with E-state index < -0.39 is 0 Å². The number of nitrogens with zero attached hydrogens (tertiary/aromatic N) is 6. The highest BCUT2D eigenvalue weighted by atomic mass is 35.5. The molecule has 214 valence electrons. The van der Waals surface area contributed by atoms with Crippen LogP contribution in [-0.2, 0) is 13.0 Å². The Balaban J connectivity index is 1.17. The average Bonchev–Trinajstić information content (AvgIpc) is 3.03. The SMILES string of the molecule is Cc1ccc(C(c2ccc(Cl)cc2)N2CCN(Cc3nc(N(C)CCc4ccccn4)c4ccccc4n3)CC2)cc1. The van der Waals surface area contributed by atoms with Crippen molar-refractivity contribution in [2.75, 3.05) is 44.7 Å². The van der Waals surface area contributed by atoms with Crippen molar-refractivity contribution in [1.82, 2.24) is 24.8 Å². The Hall–Kier alpha value is -3.84. The predicted octanol–water partition coefficient (Wildman–Crippen LogP) is 6.57. The summed E-state index contributed by atoms with van der Waals surface area (Å²) in [7, 11) is 2.11. The number of anilines is 1. The molecule has 1 unspecified atom stereocenters. The number of aryl methyl sites for hydroxylation is 1. The summed E-state index contributed by atoms with van der Waals surface area (Å²) in [4.78, 5) is 21.9. The highest BCUT2D eigenvalue weighted by Crippen LogP contribution is 2.31. The lowest BCUT2D eigenvalue weighted by Gasteiger charge is -2.39. The summed E-state index contributed by atoms with van der Waals surface area (Å²) < 4.78 is 0. The molecule has 1 atom stereocenters. The standard InChI is InChI=1S/C35H37ClN6/c1-26-10-12-27(13-11-26)34(28-14-16-29(36)17-15-28)42-23-21-41(22-24-42)25-33-38-32-9-4-3-8-31(32)35(39-33)40(2)20-18-30-7-5-6-19-37-30/h3-17,19,34H,18,20-25H2,1-2H3. The molecular weight excluding hydrogens is 540 g/mol. The molecule has 0 amide bonds. The van der Waals surface area contributed by atoms with Crippen molar-refractivity contribution in [3.63, 3.8) is 0 Å². The Morgan fingerprint density at radius 3 is 2.21 bits per heavy atom. The third-order valence-corrected chi connectivity index (χ3v) is 8.39. The second-order valence-corrected chi connectivity index (χ2v) is 11.6. The molecule has 1 aliphatic rings. The largest absolute Gasteiger partial charge is 0.359 e. The smallest absolute Gasteiger partial charge is 0.145 e. The highest BCUT2D eigenvalue weighted by Gasteiger charge is 2.27. The highest BCUT2D eigenvalue weighted by molar-refractivity contribution is 6.30. The van der Waals surface area contributed by atoms with Gasteiger partial charge in [-0.2, -0.15) is 0 Å². The van der Waals surface area contributed by atoms with Gasteiger partial charge in [0.1, 0.15) is 11.6 Å². The van der Waals surface area contributed by atoms with Crippen LogP contribution in [0.25, 0.3) is 10.9 Å². The molecule has 42 heavy (non-hydrogen) atoms. The molecule has 2 aromatic heterocycles. The van der Waals surface area contributed by atoms with E-state index in [2.05, 4.69) is 100 Å². The first kappa shape index (κ1) is 28.3. The van der Waals surface area contributed by atoms with E-state index in [0.29, 0.717) is 0 Å². The van der Waals surface area contributed by atoms with Crippen molar-refractivity contribution in [2.24, 2.45) is 0 Å². The van der Waals surface area contributed by atoms with Gasteiger partial charge in [-0.15, -0.1) is 0 Å². The molecule has 1 aliphatic heterocycles. The van der Waals surface area contributed by atoms with Crippen molar-refractivity contribution in [1.29, 1.82) is 0 Å². The molecule has 5 aromatic rings. The van der Waals surface area contributed by atoms with Crippen molar-refractivity contribution in [2.45, 2.75) is 25.9 Å². The quantitative estimate of drug-likeness (QED) is 0.198. The van der Waals surface area contributed by atoms with Crippen molar-refractivity contribution in [3.05, 3.63) is 130 Å². The molecular formula is C35H37ClN6. The Morgan fingerprint density at radius 1 is 0.810 bits per heavy atom. The van der Waals surface area contributed by atoms with Crippen LogP contribution in [0.3, 0.4) is 0 Å². The molecule has 0 bridgehead atoms. The summed E-state index contributed by atoms with van der Waals surface area (Å²) in [6.45, 7) is 7.54. The third-order valence-electron chi connectivity index (χ3n) is 8.14. The molecule has 3 heterocycles. The van der Waals surface area contributed by atoms with Crippen LogP contribution in [0.2, 0.25) is 5.02 Å². The molecule has 1 fully saturated rings. The zero-order chi connectivity index (χ0) is 28.9. The molecule has 0 N–H and O–H groups in total. The lowest BCUT2D eigenvalue weighted by atomic mass is 9.95. The molecule has 0 spiro atoms. The number of fused-ring (bicyclic) bond motifs is 1. The maximum absolute atomic E-state index is 6.24. The number of aromatic nitrogens is 3. The van der Waals surface area contributed by atoms with E-state index in [1.165, 1.54) is 16.7 Å². The van der Waals surface area contributed by atoms with Crippen LogP contribution in [0, 0.1) is 6.92 Å². The van der Waals surface area contributed by atoms with Gasteiger partial charge in [0.15, 0.2) is 0 Å². The number of hydrogen-bond acceptors (Lipinski definition) is 6. The molecule has 6 rings (SSSR count). The van der Waals surface area contributed by atoms with E-state index >= 15 is 0 Å². The fraction of sp³-hybridized carbons (Fsp3) is 0.286. The van der Waals surface area contributed by atoms with Crippen LogP contribution < -0.4 is 4.90 Å². The zero-order valence-electron chi connectivity index (χ0n) is 24.3. The topological polar surface area (TPSA) is 48.4 Å². The van der Waals surface area contributed by atoms with Crippen LogP contribution in [0.5, 0.6) is 0 Å². The molecule has 0 aliphatic carbocycles. The lowest BCUT2D eigenvalue weighted by molar-refractivity contribution is 0.103. The van der Waals surface area contributed by atoms with Gasteiger partial charge in [-0.1, -0.05) is 71.8 Å². The van der Waals surface area contributed by atoms with E-state index in [1.807, 2.05) is 30.5 Å². The number of rotatable bonds is 9. The average molecular weight is 577 g/mol. The fourth-order valence-electron chi connectivity index (χ4n) is 5.79. The summed E-state index contributed by atoms with van der Waals surface area (Å²) in [6, 6.07) is 31.8. The van der Waals surface area contributed by atoms with Gasteiger partial charge < -0.3 is 4.90 Å². The van der Waals surface area contributed by atoms with Crippen LogP contribution in [-0.4, -0.2) is 64.5 Å². The minimum atomic E-state index is 0.196. The van der Waals surface area contributed by atoms with Crippen LogP contribution in [0.4, 0.5) is 5.82 Å². The van der Waals surface area contributed by atoms with Crippen molar-refractivity contribution in [3.8, 4) is 0 Å². The normalized spacial score (nSPS) is 15.1. The molecule has 3 aromatic carbocycles. The minimum Gasteiger partial charge on any atom is -0.359 e. The van der Waals surface area contributed by atoms with Gasteiger partial charge >= 0.3 is 0 Å². The molecule has 1 saturated heterocycles. The number of hydrogen-bond donors (Lipinski definition) is 0. The number of halogens is 1. The van der Waals surface area contributed by atoms with Gasteiger partial charge in [-0.3, -0.25) is 14.8 Å². The Kier molecular flexibility index (Phi) is 8.75. The number of piperazine rings is 1. The second kappa shape index (κ2) is 13.0. The fourth-order valence-corrected chi connectivity index (χ4v) is 5.92. The first-order valence-electron chi connectivity index (χ1n) is 14.7. The summed E-state index contributed by atoms with van der Waals surface area (Å²) >= 11 is 6.24. The van der Waals surface area contributed by atoms with Gasteiger partial charge in [-0.05, 0) is 54.4 Å². The van der Waals surface area contributed by atoms with E-state index in [-0.39, 0.29) is 6.04 Å². The Labute approximate surface area is 253 Å². The maximum atomic E-state index is 6.24. The molecule has 6 nitrogen and oxygen atoms in total. The monoisotopic (exact) mass is 576 g/mol. The first-order chi connectivity index (χ1) is 20.5. The minimum absolute atomic E-state index is 0.196. The number of likely N-dealkylation sites (N-methyl/N-ethyl adjacent to an activating group) is 1. The van der Waals surface area contributed by atoms with Gasteiger partial charge in [0.2, 0.25) is 0 Å². The van der Waals surface area contributed by atoms with Crippen molar-refractivity contribution >= 4 is 28.3 Å². The predicted molar refractivity (Wildman–Crippen MR) is 172 cm³/mol. The van der Waals surface area contributed by atoms with E-state index in [9.17, 15) is 0 Å². The van der Waals surface area contributed by atoms with Gasteiger partial charge in [0.05, 0.1) is 18.1 Å². The first-order valence-corrected chi connectivity index (χ1v) is 15.1. The zero-order valence-corrected chi connectivity index (χ0v) is 25.1. The summed E-state index contributed by atoms with van der Waals surface area (Å²) in [5, 5.41) is 1.85. The van der Waals surface area contributed by atoms with Crippen LogP contribution in [0.15, 0.2) is 97.2 Å². The van der Waals surface area contributed by atoms with Gasteiger partial charge in [0.25, 0.3) is 0 Å². The van der Waals surface area contributed by atoms with E-state index in [4.69, 9.17) is 21.6 Å². The molecule has 0 saturated carbocycles. The molecule has 7 heteroatoms. The summed E-state index contributed by atoms with van der Waals surface area (Å²) in [5.74, 6) is 1.85. The van der Waals surface area contributed by atoms with Crippen LogP contribution >= 0.6 is 11.6 Å². The Bertz CT molecular complexity index is 1550. The number of pyridine rings is 1. The van der Waals surface area contributed by atoms with Crippen LogP contribution in [0.1, 0.15) is 34.3 Å². The van der Waals surface area contributed by atoms with E-state index in [0.717, 1.165) is 79.0 Å². The molecule has 0 radical (unpaired) electrons. The number of benzene rings is 3. The van der Waals surface area contributed by atoms with Gasteiger partial charge in [-0.25, -0.2) is 9.97 Å². The summed E-state index contributed by atoms with van der Waals surface area (Å²) in [6.07, 6.45) is 2.72. The number of para-hydroxylation sites is 1. The van der Waals surface area contributed by atoms with E-state index in [1.54, 1.807) is 0 Å². The maximum Gasteiger partial charge on any atom is 0.145 e. The summed E-state index contributed by atoms with van der Waals surface area (Å²) in [5.41, 5.74) is 5.93. The van der Waals surface area contributed by atoms with Gasteiger partial charge in [0, 0.05) is 68.5 Å². The second-order valence-electron chi connectivity index (χ2n) is 11.2. The third kappa shape index (κ3) is 6.62.